The second-order valence-corrected chi connectivity index (χ2v) is 6.67. The number of nitrogens with zero attached hydrogens (tertiary/aromatic N) is 1. The van der Waals surface area contributed by atoms with Crippen LogP contribution in [0.25, 0.3) is 11.4 Å². The summed E-state index contributed by atoms with van der Waals surface area (Å²) in [5.74, 6) is 1.49. The molecule has 8 heteroatoms. The Morgan fingerprint density at radius 1 is 1.14 bits per heavy atom. The summed E-state index contributed by atoms with van der Waals surface area (Å²) < 4.78 is 10.6. The van der Waals surface area contributed by atoms with Crippen LogP contribution in [-0.2, 0) is 17.8 Å². The maximum Gasteiger partial charge on any atom is 0.254 e. The summed E-state index contributed by atoms with van der Waals surface area (Å²) in [5.41, 5.74) is 1.56. The normalized spacial score (nSPS) is 12.0. The Balaban J connectivity index is 1.39. The largest absolute Gasteiger partial charge is 0.454 e. The van der Waals surface area contributed by atoms with Crippen LogP contribution in [0.5, 0.6) is 11.5 Å². The fourth-order valence-corrected chi connectivity index (χ4v) is 2.91. The van der Waals surface area contributed by atoms with Gasteiger partial charge in [0.15, 0.2) is 11.5 Å². The number of ether oxygens (including phenoxy) is 2. The fraction of sp³-hybridized carbons (Fsp3) is 0.150. The monoisotopic (exact) mass is 397 g/mol. The van der Waals surface area contributed by atoms with Gasteiger partial charge in [-0.1, -0.05) is 17.7 Å². The molecule has 142 valence electrons. The van der Waals surface area contributed by atoms with E-state index in [0.29, 0.717) is 34.5 Å². The second-order valence-electron chi connectivity index (χ2n) is 6.23. The molecule has 2 aromatic carbocycles. The number of fused-ring (bicyclic) bond motifs is 1. The summed E-state index contributed by atoms with van der Waals surface area (Å²) in [6.07, 6.45) is 1.36. The lowest BCUT2D eigenvalue weighted by atomic mass is 10.1. The van der Waals surface area contributed by atoms with Crippen LogP contribution in [0, 0.1) is 0 Å². The SMILES string of the molecule is O=C(Cc1cnc(-c2ccc(Cl)cc2)[nH]c1=O)NCc1ccc2c(c1)OCO2. The van der Waals surface area contributed by atoms with Gasteiger partial charge in [-0.25, -0.2) is 4.98 Å². The zero-order valence-electron chi connectivity index (χ0n) is 14.7. The minimum Gasteiger partial charge on any atom is -0.454 e. The highest BCUT2D eigenvalue weighted by Crippen LogP contribution is 2.32. The maximum absolute atomic E-state index is 12.3. The van der Waals surface area contributed by atoms with E-state index in [4.69, 9.17) is 21.1 Å². The Kier molecular flexibility index (Phi) is 4.99. The first-order chi connectivity index (χ1) is 13.6. The van der Waals surface area contributed by atoms with Gasteiger partial charge in [-0.2, -0.15) is 0 Å². The molecule has 0 spiro atoms. The van der Waals surface area contributed by atoms with Crippen LogP contribution in [0.2, 0.25) is 5.02 Å². The predicted molar refractivity (Wildman–Crippen MR) is 103 cm³/mol. The number of aromatic nitrogens is 2. The number of amides is 1. The molecule has 7 nitrogen and oxygen atoms in total. The van der Waals surface area contributed by atoms with Crippen molar-refractivity contribution in [2.24, 2.45) is 0 Å². The first-order valence-corrected chi connectivity index (χ1v) is 8.95. The van der Waals surface area contributed by atoms with Crippen molar-refractivity contribution in [3.8, 4) is 22.9 Å². The number of hydrogen-bond donors (Lipinski definition) is 2. The summed E-state index contributed by atoms with van der Waals surface area (Å²) in [5, 5.41) is 3.39. The van der Waals surface area contributed by atoms with E-state index >= 15 is 0 Å². The van der Waals surface area contributed by atoms with Gasteiger partial charge in [0.2, 0.25) is 12.7 Å². The Labute approximate surface area is 165 Å². The molecule has 0 fully saturated rings. The molecule has 2 N–H and O–H groups in total. The molecule has 0 unspecified atom stereocenters. The maximum atomic E-state index is 12.3. The first-order valence-electron chi connectivity index (χ1n) is 8.58. The number of nitrogens with one attached hydrogen (secondary N) is 2. The van der Waals surface area contributed by atoms with Gasteiger partial charge >= 0.3 is 0 Å². The molecule has 0 aliphatic carbocycles. The van der Waals surface area contributed by atoms with Crippen LogP contribution >= 0.6 is 11.6 Å². The number of carbonyl (C=O) groups excluding carboxylic acids is 1. The highest BCUT2D eigenvalue weighted by molar-refractivity contribution is 6.30. The Bertz CT molecular complexity index is 1080. The molecular weight excluding hydrogens is 382 g/mol. The number of H-pyrrole nitrogens is 1. The van der Waals surface area contributed by atoms with Crippen molar-refractivity contribution in [3.63, 3.8) is 0 Å². The first kappa shape index (κ1) is 18.1. The fourth-order valence-electron chi connectivity index (χ4n) is 2.79. The number of aromatic amines is 1. The molecule has 3 aromatic rings. The van der Waals surface area contributed by atoms with E-state index in [1.807, 2.05) is 12.1 Å². The molecule has 0 saturated carbocycles. The summed E-state index contributed by atoms with van der Waals surface area (Å²) in [6, 6.07) is 12.4. The minimum absolute atomic E-state index is 0.0617. The number of hydrogen-bond acceptors (Lipinski definition) is 5. The van der Waals surface area contributed by atoms with Crippen LogP contribution in [0.3, 0.4) is 0 Å². The van der Waals surface area contributed by atoms with Crippen LogP contribution < -0.4 is 20.3 Å². The lowest BCUT2D eigenvalue weighted by Crippen LogP contribution is -2.27. The van der Waals surface area contributed by atoms with E-state index in [1.54, 1.807) is 30.3 Å². The predicted octanol–water partition coefficient (Wildman–Crippen LogP) is 2.68. The molecule has 0 bridgehead atoms. The number of carbonyl (C=O) groups is 1. The highest BCUT2D eigenvalue weighted by Gasteiger charge is 2.14. The van der Waals surface area contributed by atoms with Crippen molar-refractivity contribution in [3.05, 3.63) is 75.2 Å². The van der Waals surface area contributed by atoms with Crippen molar-refractivity contribution < 1.29 is 14.3 Å². The molecule has 0 atom stereocenters. The van der Waals surface area contributed by atoms with Crippen molar-refractivity contribution in [1.29, 1.82) is 0 Å². The zero-order chi connectivity index (χ0) is 19.5. The molecule has 1 aromatic heterocycles. The van der Waals surface area contributed by atoms with Gasteiger partial charge in [0, 0.05) is 28.9 Å². The van der Waals surface area contributed by atoms with E-state index in [0.717, 1.165) is 11.1 Å². The summed E-state index contributed by atoms with van der Waals surface area (Å²) in [7, 11) is 0. The quantitative estimate of drug-likeness (QED) is 0.690. The average Bonchev–Trinajstić information content (AvgIpc) is 3.16. The molecule has 1 aliphatic rings. The lowest BCUT2D eigenvalue weighted by molar-refractivity contribution is -0.120. The molecule has 28 heavy (non-hydrogen) atoms. The number of halogens is 1. The molecule has 0 radical (unpaired) electrons. The van der Waals surface area contributed by atoms with Crippen LogP contribution in [-0.4, -0.2) is 22.7 Å². The topological polar surface area (TPSA) is 93.3 Å². The van der Waals surface area contributed by atoms with Crippen molar-refractivity contribution in [1.82, 2.24) is 15.3 Å². The Morgan fingerprint density at radius 3 is 2.71 bits per heavy atom. The smallest absolute Gasteiger partial charge is 0.254 e. The average molecular weight is 398 g/mol. The summed E-state index contributed by atoms with van der Waals surface area (Å²) in [4.78, 5) is 31.4. The third-order valence-corrected chi connectivity index (χ3v) is 4.52. The standard InChI is InChI=1S/C20H16ClN3O4/c21-15-4-2-13(3-5-15)19-23-10-14(20(26)24-19)8-18(25)22-9-12-1-6-16-17(7-12)28-11-27-16/h1-7,10H,8-9,11H2,(H,22,25)(H,23,24,26). The van der Waals surface area contributed by atoms with Gasteiger partial charge in [-0.3, -0.25) is 9.59 Å². The Hall–Kier alpha value is -3.32. The van der Waals surface area contributed by atoms with Gasteiger partial charge in [0.1, 0.15) is 5.82 Å². The molecule has 4 rings (SSSR count). The van der Waals surface area contributed by atoms with Gasteiger partial charge in [-0.05, 0) is 42.0 Å². The Morgan fingerprint density at radius 2 is 1.93 bits per heavy atom. The van der Waals surface area contributed by atoms with Crippen molar-refractivity contribution in [2.75, 3.05) is 6.79 Å². The zero-order valence-corrected chi connectivity index (χ0v) is 15.5. The van der Waals surface area contributed by atoms with Crippen molar-refractivity contribution >= 4 is 17.5 Å². The second kappa shape index (κ2) is 7.74. The van der Waals surface area contributed by atoms with Crippen LogP contribution in [0.4, 0.5) is 0 Å². The van der Waals surface area contributed by atoms with Gasteiger partial charge < -0.3 is 19.8 Å². The minimum atomic E-state index is -0.349. The third-order valence-electron chi connectivity index (χ3n) is 4.27. The van der Waals surface area contributed by atoms with E-state index in [1.165, 1.54) is 6.20 Å². The van der Waals surface area contributed by atoms with E-state index in [2.05, 4.69) is 15.3 Å². The summed E-state index contributed by atoms with van der Waals surface area (Å²) in [6.45, 7) is 0.524. The van der Waals surface area contributed by atoms with Crippen LogP contribution in [0.15, 0.2) is 53.5 Å². The number of benzene rings is 2. The molecule has 1 aliphatic heterocycles. The lowest BCUT2D eigenvalue weighted by Gasteiger charge is -2.07. The third kappa shape index (κ3) is 3.99. The van der Waals surface area contributed by atoms with Crippen LogP contribution in [0.1, 0.15) is 11.1 Å². The van der Waals surface area contributed by atoms with Gasteiger partial charge in [0.25, 0.3) is 5.56 Å². The van der Waals surface area contributed by atoms with E-state index in [-0.39, 0.29) is 24.7 Å². The van der Waals surface area contributed by atoms with E-state index in [9.17, 15) is 9.59 Å². The molecule has 0 saturated heterocycles. The van der Waals surface area contributed by atoms with Crippen molar-refractivity contribution in [2.45, 2.75) is 13.0 Å². The number of rotatable bonds is 5. The summed E-state index contributed by atoms with van der Waals surface area (Å²) >= 11 is 5.86. The molecular formula is C20H16ClN3O4. The van der Waals surface area contributed by atoms with Gasteiger partial charge in [-0.15, -0.1) is 0 Å². The van der Waals surface area contributed by atoms with E-state index < -0.39 is 0 Å². The van der Waals surface area contributed by atoms with Gasteiger partial charge in [0.05, 0.1) is 6.42 Å². The molecule has 2 heterocycles. The molecule has 1 amide bonds. The highest BCUT2D eigenvalue weighted by atomic mass is 35.5.